The van der Waals surface area contributed by atoms with Gasteiger partial charge in [0.25, 0.3) is 0 Å². The fourth-order valence-electron chi connectivity index (χ4n) is 2.93. The molecule has 1 aromatic carbocycles. The lowest BCUT2D eigenvalue weighted by Gasteiger charge is -2.22. The number of hydrogen-bond acceptors (Lipinski definition) is 4. The fraction of sp³-hybridized carbons (Fsp3) is 0.500. The smallest absolute Gasteiger partial charge is 0.306 e. The standard InChI is InChI=1S/C22H30N2O4/c1-16(2)14-23-20(25)13-18-11-7-4-8-12-21(26)28-19(15-24-22(18)27)17-9-5-3-6-10-17/h3-7,9-10,16,18-19H,8,11-15H2,1-2H3,(H,23,25)(H,24,27)/t18-,19?/m0/s1. The molecule has 2 atom stereocenters. The zero-order chi connectivity index (χ0) is 20.4. The zero-order valence-electron chi connectivity index (χ0n) is 16.6. The quantitative estimate of drug-likeness (QED) is 0.602. The molecule has 0 saturated carbocycles. The van der Waals surface area contributed by atoms with Crippen molar-refractivity contribution in [3.8, 4) is 0 Å². The third kappa shape index (κ3) is 7.55. The van der Waals surface area contributed by atoms with Crippen LogP contribution in [-0.2, 0) is 19.1 Å². The highest BCUT2D eigenvalue weighted by Gasteiger charge is 2.24. The Morgan fingerprint density at radius 1 is 1.21 bits per heavy atom. The van der Waals surface area contributed by atoms with E-state index < -0.39 is 12.0 Å². The summed E-state index contributed by atoms with van der Waals surface area (Å²) in [6.45, 7) is 4.82. The van der Waals surface area contributed by atoms with E-state index >= 15 is 0 Å². The number of nitrogens with one attached hydrogen (secondary N) is 2. The van der Waals surface area contributed by atoms with Gasteiger partial charge in [-0.15, -0.1) is 0 Å². The third-order valence-corrected chi connectivity index (χ3v) is 4.52. The highest BCUT2D eigenvalue weighted by atomic mass is 16.5. The minimum atomic E-state index is -0.545. The van der Waals surface area contributed by atoms with E-state index in [4.69, 9.17) is 4.74 Å². The number of benzene rings is 1. The molecule has 1 unspecified atom stereocenters. The van der Waals surface area contributed by atoms with Crippen molar-refractivity contribution >= 4 is 17.8 Å². The van der Waals surface area contributed by atoms with Crippen molar-refractivity contribution in [3.05, 3.63) is 48.0 Å². The lowest BCUT2D eigenvalue weighted by Crippen LogP contribution is -2.38. The van der Waals surface area contributed by atoms with Crippen molar-refractivity contribution in [3.63, 3.8) is 0 Å². The van der Waals surface area contributed by atoms with Crippen LogP contribution in [0.15, 0.2) is 42.5 Å². The molecule has 6 nitrogen and oxygen atoms in total. The minimum absolute atomic E-state index is 0.125. The summed E-state index contributed by atoms with van der Waals surface area (Å²) in [5.74, 6) is -0.717. The average Bonchev–Trinajstić information content (AvgIpc) is 2.68. The van der Waals surface area contributed by atoms with Crippen LogP contribution in [-0.4, -0.2) is 30.9 Å². The van der Waals surface area contributed by atoms with Gasteiger partial charge in [0.05, 0.1) is 12.5 Å². The number of hydrogen-bond donors (Lipinski definition) is 2. The van der Waals surface area contributed by atoms with Gasteiger partial charge >= 0.3 is 5.97 Å². The van der Waals surface area contributed by atoms with Crippen LogP contribution in [0.3, 0.4) is 0 Å². The highest BCUT2D eigenvalue weighted by Crippen LogP contribution is 2.19. The summed E-state index contributed by atoms with van der Waals surface area (Å²) in [5.41, 5.74) is 0.829. The van der Waals surface area contributed by atoms with E-state index in [2.05, 4.69) is 10.6 Å². The Morgan fingerprint density at radius 3 is 2.68 bits per heavy atom. The van der Waals surface area contributed by atoms with Crippen LogP contribution in [0.2, 0.25) is 0 Å². The third-order valence-electron chi connectivity index (χ3n) is 4.52. The fourth-order valence-corrected chi connectivity index (χ4v) is 2.93. The second kappa shape index (κ2) is 11.3. The molecule has 0 bridgehead atoms. The molecule has 2 N–H and O–H groups in total. The van der Waals surface area contributed by atoms with E-state index in [0.29, 0.717) is 25.3 Å². The number of allylic oxidation sites excluding steroid dienone is 2. The molecule has 0 saturated heterocycles. The molecule has 1 aliphatic heterocycles. The first-order chi connectivity index (χ1) is 13.5. The van der Waals surface area contributed by atoms with E-state index in [1.165, 1.54) is 0 Å². The molecule has 1 aliphatic rings. The van der Waals surface area contributed by atoms with Crippen LogP contribution in [0.1, 0.15) is 51.2 Å². The first-order valence-electron chi connectivity index (χ1n) is 9.89. The first-order valence-corrected chi connectivity index (χ1v) is 9.89. The lowest BCUT2D eigenvalue weighted by molar-refractivity contribution is -0.150. The minimum Gasteiger partial charge on any atom is -0.456 e. The molecule has 1 aromatic rings. The molecule has 1 heterocycles. The summed E-state index contributed by atoms with van der Waals surface area (Å²) < 4.78 is 5.57. The van der Waals surface area contributed by atoms with Gasteiger partial charge < -0.3 is 15.4 Å². The van der Waals surface area contributed by atoms with Gasteiger partial charge in [0, 0.05) is 19.4 Å². The summed E-state index contributed by atoms with van der Waals surface area (Å²) >= 11 is 0. The second-order valence-electron chi connectivity index (χ2n) is 7.48. The SMILES string of the molecule is CC(C)CNC(=O)C[C@@H]1CC=CCCC(=O)OC(c2ccccc2)CNC1=O. The Labute approximate surface area is 166 Å². The van der Waals surface area contributed by atoms with E-state index in [-0.39, 0.29) is 37.2 Å². The lowest BCUT2D eigenvalue weighted by atomic mass is 9.98. The van der Waals surface area contributed by atoms with Crippen LogP contribution < -0.4 is 10.6 Å². The van der Waals surface area contributed by atoms with Gasteiger partial charge in [0.1, 0.15) is 6.10 Å². The Kier molecular flexibility index (Phi) is 8.72. The van der Waals surface area contributed by atoms with E-state index in [0.717, 1.165) is 5.56 Å². The number of amides is 2. The number of rotatable bonds is 5. The number of carbonyl (C=O) groups is 3. The van der Waals surface area contributed by atoms with Crippen molar-refractivity contribution in [2.24, 2.45) is 11.8 Å². The Bertz CT molecular complexity index is 685. The van der Waals surface area contributed by atoms with E-state index in [1.54, 1.807) is 0 Å². The van der Waals surface area contributed by atoms with Crippen molar-refractivity contribution in [2.45, 2.75) is 45.6 Å². The normalized spacial score (nSPS) is 21.2. The van der Waals surface area contributed by atoms with Crippen molar-refractivity contribution in [1.29, 1.82) is 0 Å². The molecule has 0 spiro atoms. The van der Waals surface area contributed by atoms with Gasteiger partial charge in [-0.3, -0.25) is 14.4 Å². The van der Waals surface area contributed by atoms with Gasteiger partial charge in [-0.25, -0.2) is 0 Å². The molecule has 152 valence electrons. The average molecular weight is 386 g/mol. The van der Waals surface area contributed by atoms with Gasteiger partial charge in [-0.05, 0) is 24.3 Å². The maximum Gasteiger partial charge on any atom is 0.306 e. The molecular weight excluding hydrogens is 356 g/mol. The summed E-state index contributed by atoms with van der Waals surface area (Å²) in [4.78, 5) is 37.0. The van der Waals surface area contributed by atoms with Crippen molar-refractivity contribution in [1.82, 2.24) is 10.6 Å². The first kappa shape index (κ1) is 21.7. The number of ether oxygens (including phenoxy) is 1. The van der Waals surface area contributed by atoms with Gasteiger partial charge in [0.15, 0.2) is 0 Å². The number of esters is 1. The molecule has 2 amide bonds. The van der Waals surface area contributed by atoms with Crippen LogP contribution in [0, 0.1) is 11.8 Å². The number of cyclic esters (lactones) is 1. The maximum atomic E-state index is 12.7. The molecule has 0 fully saturated rings. The highest BCUT2D eigenvalue weighted by molar-refractivity contribution is 5.86. The molecular formula is C22H30N2O4. The van der Waals surface area contributed by atoms with Gasteiger partial charge in [-0.2, -0.15) is 0 Å². The van der Waals surface area contributed by atoms with E-state index in [1.807, 2.05) is 56.3 Å². The van der Waals surface area contributed by atoms with Crippen LogP contribution in [0.25, 0.3) is 0 Å². The molecule has 0 aromatic heterocycles. The van der Waals surface area contributed by atoms with Crippen LogP contribution in [0.5, 0.6) is 0 Å². The van der Waals surface area contributed by atoms with Crippen LogP contribution in [0.4, 0.5) is 0 Å². The summed E-state index contributed by atoms with van der Waals surface area (Å²) in [5, 5.41) is 5.72. The number of carbonyl (C=O) groups excluding carboxylic acids is 3. The predicted octanol–water partition coefficient (Wildman–Crippen LogP) is 2.91. The van der Waals surface area contributed by atoms with E-state index in [9.17, 15) is 14.4 Å². The second-order valence-corrected chi connectivity index (χ2v) is 7.48. The largest absolute Gasteiger partial charge is 0.456 e. The Balaban J connectivity index is 2.07. The molecule has 0 radical (unpaired) electrons. The molecule has 6 heteroatoms. The summed E-state index contributed by atoms with van der Waals surface area (Å²) in [6, 6.07) is 9.35. The van der Waals surface area contributed by atoms with Gasteiger partial charge in [0.2, 0.25) is 11.8 Å². The monoisotopic (exact) mass is 386 g/mol. The van der Waals surface area contributed by atoms with Crippen molar-refractivity contribution in [2.75, 3.05) is 13.1 Å². The Hall–Kier alpha value is -2.63. The predicted molar refractivity (Wildman–Crippen MR) is 107 cm³/mol. The maximum absolute atomic E-state index is 12.7. The molecule has 2 rings (SSSR count). The van der Waals surface area contributed by atoms with Gasteiger partial charge in [-0.1, -0.05) is 56.3 Å². The molecule has 28 heavy (non-hydrogen) atoms. The Morgan fingerprint density at radius 2 is 1.96 bits per heavy atom. The topological polar surface area (TPSA) is 84.5 Å². The zero-order valence-corrected chi connectivity index (χ0v) is 16.6. The molecule has 0 aliphatic carbocycles. The summed E-state index contributed by atoms with van der Waals surface area (Å²) in [6.07, 6.45) is 4.62. The van der Waals surface area contributed by atoms with Crippen LogP contribution >= 0.6 is 0 Å². The van der Waals surface area contributed by atoms with Crippen molar-refractivity contribution < 1.29 is 19.1 Å². The summed E-state index contributed by atoms with van der Waals surface area (Å²) in [7, 11) is 0.